The minimum atomic E-state index is -3.74. The second-order valence-electron chi connectivity index (χ2n) is 11.8. The van der Waals surface area contributed by atoms with Gasteiger partial charge in [-0.05, 0) is 75.3 Å². The maximum Gasteiger partial charge on any atom is 0.383 e. The third-order valence-electron chi connectivity index (χ3n) is 8.61. The normalized spacial score (nSPS) is 24.0. The Kier molecular flexibility index (Phi) is 12.7. The van der Waals surface area contributed by atoms with E-state index in [0.717, 1.165) is 37.0 Å². The molecule has 230 valence electrons. The SMILES string of the molecule is C=C(CO)C(=O)Oc1cc(OC(=O)C(C)CO)cc(C(F)(F)OC2CCC(C3CCC(CCCCC)CC3)CC2)c1. The Hall–Kier alpha value is -2.36. The zero-order valence-electron chi connectivity index (χ0n) is 24.4. The lowest BCUT2D eigenvalue weighted by Gasteiger charge is -2.38. The number of hydrogen-bond donors (Lipinski definition) is 2. The first-order valence-electron chi connectivity index (χ1n) is 15.1. The third-order valence-corrected chi connectivity index (χ3v) is 8.61. The number of esters is 2. The summed E-state index contributed by atoms with van der Waals surface area (Å²) >= 11 is 0. The zero-order chi connectivity index (χ0) is 30.0. The standard InChI is InChI=1S/C32H46F2O7/c1-4-5-6-7-23-8-10-24(11-9-23)25-12-14-27(15-13-25)41-32(33,34)26-16-28(39-30(37)21(2)19-35)18-29(17-26)40-31(38)22(3)20-36/h16-18,22-25,27,35-36H,2,4-15,19-20H2,1,3H3. The molecule has 2 fully saturated rings. The number of carbonyl (C=O) groups excluding carboxylic acids is 2. The average Bonchev–Trinajstić information content (AvgIpc) is 2.96. The Morgan fingerprint density at radius 1 is 0.951 bits per heavy atom. The Balaban J connectivity index is 1.63. The molecule has 3 rings (SSSR count). The fraction of sp³-hybridized carbons (Fsp3) is 0.688. The van der Waals surface area contributed by atoms with Gasteiger partial charge < -0.3 is 24.4 Å². The molecular formula is C32H46F2O7. The van der Waals surface area contributed by atoms with Crippen molar-refractivity contribution in [2.24, 2.45) is 23.7 Å². The molecule has 0 amide bonds. The lowest BCUT2D eigenvalue weighted by molar-refractivity contribution is -0.278. The van der Waals surface area contributed by atoms with Crippen LogP contribution in [0.25, 0.3) is 0 Å². The molecule has 1 aromatic carbocycles. The van der Waals surface area contributed by atoms with Crippen LogP contribution < -0.4 is 9.47 Å². The van der Waals surface area contributed by atoms with Crippen molar-refractivity contribution in [3.63, 3.8) is 0 Å². The fourth-order valence-corrected chi connectivity index (χ4v) is 5.98. The van der Waals surface area contributed by atoms with Gasteiger partial charge in [-0.1, -0.05) is 52.0 Å². The quantitative estimate of drug-likeness (QED) is 0.109. The summed E-state index contributed by atoms with van der Waals surface area (Å²) < 4.78 is 46.5. The van der Waals surface area contributed by atoms with Crippen molar-refractivity contribution in [3.05, 3.63) is 35.9 Å². The lowest BCUT2D eigenvalue weighted by Crippen LogP contribution is -2.32. The van der Waals surface area contributed by atoms with Gasteiger partial charge in [-0.15, -0.1) is 0 Å². The fourth-order valence-electron chi connectivity index (χ4n) is 5.98. The molecule has 2 N–H and O–H groups in total. The number of alkyl halides is 2. The van der Waals surface area contributed by atoms with Crippen LogP contribution in [0, 0.1) is 23.7 Å². The van der Waals surface area contributed by atoms with Gasteiger partial charge in [-0.25, -0.2) is 4.79 Å². The van der Waals surface area contributed by atoms with E-state index in [2.05, 4.69) is 13.5 Å². The Bertz CT molecular complexity index is 1010. The maximum atomic E-state index is 15.4. The highest BCUT2D eigenvalue weighted by molar-refractivity contribution is 5.89. The molecule has 0 heterocycles. The molecule has 2 saturated carbocycles. The predicted octanol–water partition coefficient (Wildman–Crippen LogP) is 6.69. The van der Waals surface area contributed by atoms with Crippen molar-refractivity contribution in [1.82, 2.24) is 0 Å². The molecule has 1 aromatic rings. The van der Waals surface area contributed by atoms with E-state index in [1.807, 2.05) is 0 Å². The second-order valence-corrected chi connectivity index (χ2v) is 11.8. The largest absolute Gasteiger partial charge is 0.426 e. The number of hydrogen-bond acceptors (Lipinski definition) is 7. The van der Waals surface area contributed by atoms with E-state index in [0.29, 0.717) is 24.7 Å². The predicted molar refractivity (Wildman–Crippen MR) is 151 cm³/mol. The lowest BCUT2D eigenvalue weighted by atomic mass is 9.70. The van der Waals surface area contributed by atoms with E-state index < -0.39 is 48.8 Å². The number of aliphatic hydroxyl groups is 2. The third kappa shape index (κ3) is 9.86. The van der Waals surface area contributed by atoms with Crippen LogP contribution in [0.4, 0.5) is 8.78 Å². The molecule has 2 aliphatic carbocycles. The Labute approximate surface area is 242 Å². The molecule has 41 heavy (non-hydrogen) atoms. The number of benzene rings is 1. The first-order valence-corrected chi connectivity index (χ1v) is 15.1. The number of ether oxygens (including phenoxy) is 3. The molecular weight excluding hydrogens is 534 g/mol. The van der Waals surface area contributed by atoms with Gasteiger partial charge in [-0.2, -0.15) is 8.78 Å². The molecule has 0 radical (unpaired) electrons. The van der Waals surface area contributed by atoms with Gasteiger partial charge in [0.25, 0.3) is 0 Å². The summed E-state index contributed by atoms with van der Waals surface area (Å²) in [6.07, 6.45) is 8.63. The van der Waals surface area contributed by atoms with Crippen LogP contribution in [0.5, 0.6) is 11.5 Å². The van der Waals surface area contributed by atoms with Gasteiger partial charge >= 0.3 is 18.0 Å². The topological polar surface area (TPSA) is 102 Å². The summed E-state index contributed by atoms with van der Waals surface area (Å²) in [5.41, 5.74) is -0.909. The van der Waals surface area contributed by atoms with E-state index in [4.69, 9.17) is 19.3 Å². The van der Waals surface area contributed by atoms with Crippen LogP contribution in [0.3, 0.4) is 0 Å². The van der Waals surface area contributed by atoms with Crippen LogP contribution in [0.1, 0.15) is 96.5 Å². The average molecular weight is 581 g/mol. The van der Waals surface area contributed by atoms with Gasteiger partial charge in [0, 0.05) is 6.07 Å². The molecule has 9 heteroatoms. The van der Waals surface area contributed by atoms with Gasteiger partial charge in [0.15, 0.2) is 0 Å². The Morgan fingerprint density at radius 2 is 1.54 bits per heavy atom. The zero-order valence-corrected chi connectivity index (χ0v) is 24.4. The van der Waals surface area contributed by atoms with E-state index >= 15 is 8.78 Å². The molecule has 0 aromatic heterocycles. The summed E-state index contributed by atoms with van der Waals surface area (Å²) in [6, 6.07) is 3.01. The molecule has 1 atom stereocenters. The minimum absolute atomic E-state index is 0.271. The molecule has 0 bridgehead atoms. The number of aliphatic hydroxyl groups excluding tert-OH is 2. The summed E-state index contributed by atoms with van der Waals surface area (Å²) in [7, 11) is 0. The van der Waals surface area contributed by atoms with Crippen molar-refractivity contribution in [1.29, 1.82) is 0 Å². The van der Waals surface area contributed by atoms with Crippen LogP contribution in [-0.2, 0) is 20.4 Å². The molecule has 0 spiro atoms. The van der Waals surface area contributed by atoms with Crippen LogP contribution in [-0.4, -0.2) is 41.5 Å². The Morgan fingerprint density at radius 3 is 2.10 bits per heavy atom. The molecule has 2 aliphatic rings. The first-order chi connectivity index (χ1) is 19.6. The second kappa shape index (κ2) is 15.8. The number of carbonyl (C=O) groups is 2. The van der Waals surface area contributed by atoms with E-state index in [1.54, 1.807) is 0 Å². The van der Waals surface area contributed by atoms with Gasteiger partial charge in [0.1, 0.15) is 11.5 Å². The molecule has 0 saturated heterocycles. The van der Waals surface area contributed by atoms with E-state index in [-0.39, 0.29) is 17.1 Å². The smallest absolute Gasteiger partial charge is 0.383 e. The highest BCUT2D eigenvalue weighted by atomic mass is 19.3. The van der Waals surface area contributed by atoms with E-state index in [1.165, 1.54) is 58.3 Å². The summed E-state index contributed by atoms with van der Waals surface area (Å²) in [6.45, 7) is 5.87. The summed E-state index contributed by atoms with van der Waals surface area (Å²) in [5.74, 6) is -1.30. The molecule has 1 unspecified atom stereocenters. The van der Waals surface area contributed by atoms with Crippen molar-refractivity contribution in [2.45, 2.75) is 103 Å². The van der Waals surface area contributed by atoms with Crippen molar-refractivity contribution in [3.8, 4) is 11.5 Å². The first kappa shape index (κ1) is 33.1. The van der Waals surface area contributed by atoms with Crippen LogP contribution >= 0.6 is 0 Å². The monoisotopic (exact) mass is 580 g/mol. The molecule has 0 aliphatic heterocycles. The summed E-state index contributed by atoms with van der Waals surface area (Å²) in [4.78, 5) is 24.3. The molecule has 7 nitrogen and oxygen atoms in total. The van der Waals surface area contributed by atoms with Crippen molar-refractivity contribution >= 4 is 11.9 Å². The van der Waals surface area contributed by atoms with Crippen molar-refractivity contribution < 1.29 is 42.8 Å². The highest BCUT2D eigenvalue weighted by Gasteiger charge is 2.40. The van der Waals surface area contributed by atoms with E-state index in [9.17, 15) is 14.7 Å². The van der Waals surface area contributed by atoms with Crippen molar-refractivity contribution in [2.75, 3.05) is 13.2 Å². The summed E-state index contributed by atoms with van der Waals surface area (Å²) in [5, 5.41) is 18.4. The van der Waals surface area contributed by atoms with Gasteiger partial charge in [0.05, 0.1) is 36.4 Å². The van der Waals surface area contributed by atoms with Crippen LogP contribution in [0.2, 0.25) is 0 Å². The van der Waals surface area contributed by atoms with Gasteiger partial charge in [0.2, 0.25) is 0 Å². The van der Waals surface area contributed by atoms with Gasteiger partial charge in [-0.3, -0.25) is 4.79 Å². The van der Waals surface area contributed by atoms with Crippen LogP contribution in [0.15, 0.2) is 30.4 Å². The highest BCUT2D eigenvalue weighted by Crippen LogP contribution is 2.44. The number of rotatable bonds is 14. The maximum absolute atomic E-state index is 15.4. The number of halogens is 2. The number of unbranched alkanes of at least 4 members (excludes halogenated alkanes) is 2. The minimum Gasteiger partial charge on any atom is -0.426 e.